The maximum Gasteiger partial charge on any atom is 0.185 e. The Labute approximate surface area is 55.2 Å². The predicted molar refractivity (Wildman–Crippen MR) is 38.0 cm³/mol. The Morgan fingerprint density at radius 3 is 2.75 bits per heavy atom. The van der Waals surface area contributed by atoms with E-state index in [4.69, 9.17) is 0 Å². The Morgan fingerprint density at radius 2 is 2.38 bits per heavy atom. The second-order valence-electron chi connectivity index (χ2n) is 1.57. The molecule has 0 aromatic heterocycles. The highest BCUT2D eigenvalue weighted by molar-refractivity contribution is 7.96. The van der Waals surface area contributed by atoms with Gasteiger partial charge in [-0.15, -0.1) is 19.2 Å². The molecule has 46 valence electrons. The molecular weight excluding hydrogens is 120 g/mol. The van der Waals surface area contributed by atoms with Crippen LogP contribution < -0.4 is 0 Å². The van der Waals surface area contributed by atoms with Crippen LogP contribution in [0.25, 0.3) is 0 Å². The minimum atomic E-state index is -0.0353. The lowest BCUT2D eigenvalue weighted by molar-refractivity contribution is -0.110. The van der Waals surface area contributed by atoms with Crippen molar-refractivity contribution in [3.8, 4) is 0 Å². The molecule has 0 radical (unpaired) electrons. The van der Waals surface area contributed by atoms with Crippen LogP contribution in [-0.2, 0) is 4.79 Å². The molecule has 8 heavy (non-hydrogen) atoms. The molecule has 0 aliphatic heterocycles. The molecule has 0 rings (SSSR count). The van der Waals surface area contributed by atoms with Crippen LogP contribution in [0.4, 0.5) is 0 Å². The molecular formula is C6H10OS. The molecule has 0 amide bonds. The van der Waals surface area contributed by atoms with Crippen LogP contribution in [0.5, 0.6) is 0 Å². The van der Waals surface area contributed by atoms with E-state index in [1.54, 1.807) is 6.08 Å². The highest BCUT2D eigenvalue weighted by Crippen LogP contribution is 1.97. The highest BCUT2D eigenvalue weighted by atomic mass is 32.1. The van der Waals surface area contributed by atoms with Gasteiger partial charge in [-0.25, -0.2) is 0 Å². The van der Waals surface area contributed by atoms with E-state index < -0.39 is 0 Å². The van der Waals surface area contributed by atoms with Crippen molar-refractivity contribution in [2.24, 2.45) is 0 Å². The lowest BCUT2D eigenvalue weighted by Crippen LogP contribution is -1.83. The van der Waals surface area contributed by atoms with Crippen molar-refractivity contribution in [2.45, 2.75) is 19.3 Å². The van der Waals surface area contributed by atoms with Crippen molar-refractivity contribution in [1.29, 1.82) is 0 Å². The van der Waals surface area contributed by atoms with E-state index in [2.05, 4.69) is 19.2 Å². The average molecular weight is 130 g/mol. The Kier molecular flexibility index (Phi) is 4.76. The van der Waals surface area contributed by atoms with E-state index in [1.165, 1.54) is 0 Å². The first-order valence-electron chi connectivity index (χ1n) is 2.60. The monoisotopic (exact) mass is 130 g/mol. The van der Waals surface area contributed by atoms with Gasteiger partial charge in [-0.3, -0.25) is 4.79 Å². The molecule has 0 spiro atoms. The number of carbonyl (C=O) groups excluding carboxylic acids is 1. The molecule has 0 bridgehead atoms. The average Bonchev–Trinajstić information content (AvgIpc) is 1.66. The van der Waals surface area contributed by atoms with Crippen LogP contribution in [0.15, 0.2) is 12.7 Å². The van der Waals surface area contributed by atoms with Crippen LogP contribution in [0, 0.1) is 0 Å². The zero-order chi connectivity index (χ0) is 6.41. The standard InChI is InChI=1S/C6H10OS/c1-2-3-4-5-6(7)8/h2H,1,3-5H2,(H,7,8). The number of hydrogen-bond acceptors (Lipinski definition) is 1. The van der Waals surface area contributed by atoms with Crippen LogP contribution >= 0.6 is 12.6 Å². The summed E-state index contributed by atoms with van der Waals surface area (Å²) in [6.07, 6.45) is 4.16. The first kappa shape index (κ1) is 7.76. The first-order valence-corrected chi connectivity index (χ1v) is 3.04. The van der Waals surface area contributed by atoms with Crippen LogP contribution in [-0.4, -0.2) is 5.12 Å². The summed E-state index contributed by atoms with van der Waals surface area (Å²) in [5.74, 6) is 0. The van der Waals surface area contributed by atoms with Gasteiger partial charge in [0.1, 0.15) is 0 Å². The maximum atomic E-state index is 10.1. The fourth-order valence-electron chi connectivity index (χ4n) is 0.398. The molecule has 0 unspecified atom stereocenters. The highest BCUT2D eigenvalue weighted by Gasteiger charge is 1.89. The third-order valence-corrected chi connectivity index (χ3v) is 1.02. The third kappa shape index (κ3) is 5.76. The second-order valence-corrected chi connectivity index (χ2v) is 2.07. The van der Waals surface area contributed by atoms with Gasteiger partial charge in [0.05, 0.1) is 0 Å². The molecule has 0 fully saturated rings. The minimum absolute atomic E-state index is 0.0353. The minimum Gasteiger partial charge on any atom is -0.288 e. The van der Waals surface area contributed by atoms with Gasteiger partial charge < -0.3 is 0 Å². The van der Waals surface area contributed by atoms with E-state index in [-0.39, 0.29) is 5.12 Å². The smallest absolute Gasteiger partial charge is 0.185 e. The molecule has 0 saturated heterocycles. The third-order valence-electron chi connectivity index (χ3n) is 0.799. The zero-order valence-corrected chi connectivity index (χ0v) is 5.66. The number of unbranched alkanes of at least 4 members (excludes halogenated alkanes) is 1. The number of carbonyl (C=O) groups is 1. The molecule has 0 heterocycles. The maximum absolute atomic E-state index is 10.1. The lowest BCUT2D eigenvalue weighted by atomic mass is 10.2. The van der Waals surface area contributed by atoms with Crippen molar-refractivity contribution in [2.75, 3.05) is 0 Å². The fraction of sp³-hybridized carbons (Fsp3) is 0.500. The van der Waals surface area contributed by atoms with Gasteiger partial charge in [0, 0.05) is 6.42 Å². The lowest BCUT2D eigenvalue weighted by Gasteiger charge is -1.87. The largest absolute Gasteiger partial charge is 0.288 e. The van der Waals surface area contributed by atoms with Crippen molar-refractivity contribution in [3.05, 3.63) is 12.7 Å². The number of rotatable bonds is 4. The van der Waals surface area contributed by atoms with Crippen molar-refractivity contribution >= 4 is 17.7 Å². The first-order chi connectivity index (χ1) is 3.77. The summed E-state index contributed by atoms with van der Waals surface area (Å²) in [6.45, 7) is 3.52. The molecule has 0 aliphatic rings. The summed E-state index contributed by atoms with van der Waals surface area (Å²) in [4.78, 5) is 10.1. The van der Waals surface area contributed by atoms with E-state index in [1.807, 2.05) is 0 Å². The second kappa shape index (κ2) is 4.91. The molecule has 0 atom stereocenters. The molecule has 2 heteroatoms. The Bertz CT molecular complexity index is 88.5. The zero-order valence-electron chi connectivity index (χ0n) is 4.76. The molecule has 0 N–H and O–H groups in total. The number of allylic oxidation sites excluding steroid dienone is 1. The van der Waals surface area contributed by atoms with Crippen LogP contribution in [0.3, 0.4) is 0 Å². The van der Waals surface area contributed by atoms with Gasteiger partial charge >= 0.3 is 0 Å². The van der Waals surface area contributed by atoms with E-state index in [0.717, 1.165) is 12.8 Å². The Morgan fingerprint density at radius 1 is 1.75 bits per heavy atom. The topological polar surface area (TPSA) is 17.1 Å². The van der Waals surface area contributed by atoms with Crippen molar-refractivity contribution in [3.63, 3.8) is 0 Å². The summed E-state index contributed by atoms with van der Waals surface area (Å²) >= 11 is 3.60. The predicted octanol–water partition coefficient (Wildman–Crippen LogP) is 1.80. The van der Waals surface area contributed by atoms with Crippen LogP contribution in [0.2, 0.25) is 0 Å². The van der Waals surface area contributed by atoms with Crippen molar-refractivity contribution < 1.29 is 4.79 Å². The van der Waals surface area contributed by atoms with Gasteiger partial charge in [0.2, 0.25) is 0 Å². The molecule has 0 aromatic rings. The molecule has 0 aromatic carbocycles. The van der Waals surface area contributed by atoms with Crippen LogP contribution in [0.1, 0.15) is 19.3 Å². The van der Waals surface area contributed by atoms with Gasteiger partial charge in [0.25, 0.3) is 0 Å². The Hall–Kier alpha value is -0.240. The Balaban J connectivity index is 2.93. The normalized spacial score (nSPS) is 8.62. The molecule has 0 saturated carbocycles. The quantitative estimate of drug-likeness (QED) is 0.349. The summed E-state index contributed by atoms with van der Waals surface area (Å²) in [5.41, 5.74) is 0. The SMILES string of the molecule is C=CCCCC(=O)S. The van der Waals surface area contributed by atoms with Gasteiger partial charge in [-0.05, 0) is 12.8 Å². The van der Waals surface area contributed by atoms with Crippen molar-refractivity contribution in [1.82, 2.24) is 0 Å². The number of thiol groups is 1. The summed E-state index contributed by atoms with van der Waals surface area (Å²) in [6, 6.07) is 0. The van der Waals surface area contributed by atoms with E-state index in [9.17, 15) is 4.79 Å². The summed E-state index contributed by atoms with van der Waals surface area (Å²) in [7, 11) is 0. The summed E-state index contributed by atoms with van der Waals surface area (Å²) in [5, 5.41) is -0.0353. The molecule has 0 aliphatic carbocycles. The van der Waals surface area contributed by atoms with Gasteiger partial charge in [-0.2, -0.15) is 0 Å². The van der Waals surface area contributed by atoms with E-state index >= 15 is 0 Å². The molecule has 1 nitrogen and oxygen atoms in total. The van der Waals surface area contributed by atoms with E-state index in [0.29, 0.717) is 6.42 Å². The fourth-order valence-corrected chi connectivity index (χ4v) is 0.556. The number of hydrogen-bond donors (Lipinski definition) is 1. The van der Waals surface area contributed by atoms with Gasteiger partial charge in [0.15, 0.2) is 5.12 Å². The van der Waals surface area contributed by atoms with Gasteiger partial charge in [-0.1, -0.05) is 6.08 Å². The summed E-state index contributed by atoms with van der Waals surface area (Å²) < 4.78 is 0.